The predicted molar refractivity (Wildman–Crippen MR) is 128 cm³/mol. The van der Waals surface area contributed by atoms with Crippen molar-refractivity contribution in [2.75, 3.05) is 18.8 Å². The van der Waals surface area contributed by atoms with E-state index in [-0.39, 0.29) is 17.7 Å². The Balaban J connectivity index is 1.45. The molecular formula is C26H22F3N5O2. The van der Waals surface area contributed by atoms with E-state index in [0.717, 1.165) is 47.1 Å². The Labute approximate surface area is 204 Å². The van der Waals surface area contributed by atoms with Gasteiger partial charge in [0.1, 0.15) is 5.75 Å². The fourth-order valence-corrected chi connectivity index (χ4v) is 4.54. The number of pyridine rings is 1. The Bertz CT molecular complexity index is 1450. The molecule has 1 aromatic carbocycles. The molecule has 0 spiro atoms. The van der Waals surface area contributed by atoms with Crippen LogP contribution in [0.5, 0.6) is 11.6 Å². The second-order valence-electron chi connectivity index (χ2n) is 8.49. The summed E-state index contributed by atoms with van der Waals surface area (Å²) in [6, 6.07) is 12.6. The predicted octanol–water partition coefficient (Wildman–Crippen LogP) is 5.29. The summed E-state index contributed by atoms with van der Waals surface area (Å²) in [6.45, 7) is 4.81. The molecule has 1 amide bonds. The second-order valence-corrected chi connectivity index (χ2v) is 8.49. The van der Waals surface area contributed by atoms with Crippen LogP contribution in [0, 0.1) is 0 Å². The largest absolute Gasteiger partial charge is 0.439 e. The van der Waals surface area contributed by atoms with Gasteiger partial charge in [0.25, 0.3) is 0 Å². The molecule has 1 fully saturated rings. The van der Waals surface area contributed by atoms with Crippen molar-refractivity contribution in [2.45, 2.75) is 18.5 Å². The standard InChI is InChI=1S/C26H22F3N5O2/c1-2-24(35)33-12-9-17(15-33)20-14-22(34-21(20)8-11-32-25(34)30)16-3-5-19(6-4-16)36-23-13-18(7-10-31-23)26(27,28)29/h2-8,10-11,13-14,17H,1,9,12,15H2,(H2,30,32). The first-order valence-corrected chi connectivity index (χ1v) is 11.2. The number of benzene rings is 1. The third-order valence-corrected chi connectivity index (χ3v) is 6.29. The van der Waals surface area contributed by atoms with Gasteiger partial charge in [0, 0.05) is 37.5 Å². The molecule has 0 aliphatic carbocycles. The van der Waals surface area contributed by atoms with Crippen molar-refractivity contribution >= 4 is 17.4 Å². The average molecular weight is 493 g/mol. The highest BCUT2D eigenvalue weighted by atomic mass is 19.4. The number of rotatable bonds is 5. The fourth-order valence-electron chi connectivity index (χ4n) is 4.54. The van der Waals surface area contributed by atoms with Gasteiger partial charge in [-0.25, -0.2) is 9.97 Å². The summed E-state index contributed by atoms with van der Waals surface area (Å²) in [7, 11) is 0. The summed E-state index contributed by atoms with van der Waals surface area (Å²) in [5, 5.41) is 0. The second kappa shape index (κ2) is 9.03. The van der Waals surface area contributed by atoms with Gasteiger partial charge < -0.3 is 15.4 Å². The van der Waals surface area contributed by atoms with Crippen LogP contribution in [0.1, 0.15) is 23.5 Å². The van der Waals surface area contributed by atoms with Crippen molar-refractivity contribution in [3.63, 3.8) is 0 Å². The van der Waals surface area contributed by atoms with Crippen LogP contribution in [0.4, 0.5) is 19.1 Å². The first-order chi connectivity index (χ1) is 17.2. The molecule has 2 N–H and O–H groups in total. The van der Waals surface area contributed by atoms with Crippen molar-refractivity contribution in [1.29, 1.82) is 0 Å². The monoisotopic (exact) mass is 493 g/mol. The third-order valence-electron chi connectivity index (χ3n) is 6.29. The number of nitrogens with zero attached hydrogens (tertiary/aromatic N) is 4. The summed E-state index contributed by atoms with van der Waals surface area (Å²) < 4.78 is 46.3. The van der Waals surface area contributed by atoms with E-state index in [9.17, 15) is 18.0 Å². The number of amides is 1. The van der Waals surface area contributed by atoms with Gasteiger partial charge in [0.2, 0.25) is 17.7 Å². The lowest BCUT2D eigenvalue weighted by Crippen LogP contribution is -2.26. The first kappa shape index (κ1) is 23.4. The van der Waals surface area contributed by atoms with E-state index in [2.05, 4.69) is 16.5 Å². The number of nitrogen functional groups attached to an aromatic ring is 1. The van der Waals surface area contributed by atoms with E-state index < -0.39 is 11.7 Å². The number of likely N-dealkylation sites (tertiary alicyclic amines) is 1. The number of ether oxygens (including phenoxy) is 1. The van der Waals surface area contributed by atoms with Crippen molar-refractivity contribution in [3.8, 4) is 22.9 Å². The molecule has 1 unspecified atom stereocenters. The molecule has 0 radical (unpaired) electrons. The lowest BCUT2D eigenvalue weighted by atomic mass is 9.99. The number of alkyl halides is 3. The number of carbonyl (C=O) groups excluding carboxylic acids is 1. The van der Waals surface area contributed by atoms with E-state index in [0.29, 0.717) is 24.8 Å². The van der Waals surface area contributed by atoms with Gasteiger partial charge in [-0.3, -0.25) is 9.20 Å². The van der Waals surface area contributed by atoms with E-state index in [1.54, 1.807) is 35.4 Å². The van der Waals surface area contributed by atoms with Crippen LogP contribution < -0.4 is 10.5 Å². The molecule has 10 heteroatoms. The normalized spacial score (nSPS) is 15.9. The number of hydrogen-bond donors (Lipinski definition) is 1. The molecule has 5 rings (SSSR count). The molecule has 3 aromatic heterocycles. The lowest BCUT2D eigenvalue weighted by Gasteiger charge is -2.14. The Morgan fingerprint density at radius 3 is 2.58 bits per heavy atom. The lowest BCUT2D eigenvalue weighted by molar-refractivity contribution is -0.137. The number of carbonyl (C=O) groups is 1. The third kappa shape index (κ3) is 4.37. The molecule has 4 heterocycles. The molecule has 7 nitrogen and oxygen atoms in total. The zero-order valence-electron chi connectivity index (χ0n) is 19.1. The quantitative estimate of drug-likeness (QED) is 0.382. The minimum Gasteiger partial charge on any atom is -0.439 e. The molecule has 36 heavy (non-hydrogen) atoms. The average Bonchev–Trinajstić information content (AvgIpc) is 3.50. The summed E-state index contributed by atoms with van der Waals surface area (Å²) in [5.74, 6) is 0.551. The van der Waals surface area contributed by atoms with Crippen LogP contribution in [0.25, 0.3) is 16.8 Å². The van der Waals surface area contributed by atoms with Crippen molar-refractivity contribution in [2.24, 2.45) is 0 Å². The summed E-state index contributed by atoms with van der Waals surface area (Å²) in [4.78, 5) is 21.9. The SMILES string of the molecule is C=CC(=O)N1CCC(c2cc(-c3ccc(Oc4cc(C(F)(F)F)ccn4)cc3)n3c(N)nccc23)C1. The number of hydrogen-bond acceptors (Lipinski definition) is 5. The molecule has 1 aliphatic heterocycles. The van der Waals surface area contributed by atoms with Crippen LogP contribution in [-0.4, -0.2) is 38.3 Å². The molecule has 184 valence electrons. The number of nitrogens with two attached hydrogens (primary N) is 1. The minimum atomic E-state index is -4.48. The highest BCUT2D eigenvalue weighted by Crippen LogP contribution is 2.37. The molecular weight excluding hydrogens is 471 g/mol. The Hall–Kier alpha value is -4.34. The first-order valence-electron chi connectivity index (χ1n) is 11.2. The Morgan fingerprint density at radius 1 is 1.11 bits per heavy atom. The smallest absolute Gasteiger partial charge is 0.416 e. The van der Waals surface area contributed by atoms with E-state index in [1.165, 1.54) is 6.08 Å². The van der Waals surface area contributed by atoms with E-state index in [1.807, 2.05) is 16.5 Å². The van der Waals surface area contributed by atoms with Crippen LogP contribution in [0.2, 0.25) is 0 Å². The van der Waals surface area contributed by atoms with Crippen molar-refractivity contribution in [1.82, 2.24) is 19.3 Å². The molecule has 1 aliphatic rings. The maximum Gasteiger partial charge on any atom is 0.416 e. The maximum atomic E-state index is 13.0. The summed E-state index contributed by atoms with van der Waals surface area (Å²) in [5.41, 5.74) is 8.99. The van der Waals surface area contributed by atoms with Gasteiger partial charge >= 0.3 is 6.18 Å². The maximum absolute atomic E-state index is 13.0. The van der Waals surface area contributed by atoms with Gasteiger partial charge in [0.05, 0.1) is 16.8 Å². The molecule has 1 saturated heterocycles. The highest BCUT2D eigenvalue weighted by molar-refractivity contribution is 5.87. The number of fused-ring (bicyclic) bond motifs is 1. The van der Waals surface area contributed by atoms with Gasteiger partial charge in [-0.15, -0.1) is 0 Å². The molecule has 1 atom stereocenters. The van der Waals surface area contributed by atoms with E-state index in [4.69, 9.17) is 10.5 Å². The minimum absolute atomic E-state index is 0.0896. The molecule has 0 saturated carbocycles. The van der Waals surface area contributed by atoms with Crippen LogP contribution >= 0.6 is 0 Å². The van der Waals surface area contributed by atoms with Crippen LogP contribution in [0.15, 0.2) is 73.6 Å². The number of anilines is 1. The van der Waals surface area contributed by atoms with Gasteiger partial charge in [-0.2, -0.15) is 13.2 Å². The fraction of sp³-hybridized carbons (Fsp3) is 0.192. The Kier molecular flexibility index (Phi) is 5.87. The Morgan fingerprint density at radius 2 is 1.86 bits per heavy atom. The summed E-state index contributed by atoms with van der Waals surface area (Å²) >= 11 is 0. The summed E-state index contributed by atoms with van der Waals surface area (Å²) in [6.07, 6.45) is 0.369. The van der Waals surface area contributed by atoms with Crippen LogP contribution in [-0.2, 0) is 11.0 Å². The van der Waals surface area contributed by atoms with Gasteiger partial charge in [-0.1, -0.05) is 6.58 Å². The zero-order valence-corrected chi connectivity index (χ0v) is 19.1. The number of aromatic nitrogens is 3. The number of halogens is 3. The highest BCUT2D eigenvalue weighted by Gasteiger charge is 2.31. The molecule has 0 bridgehead atoms. The topological polar surface area (TPSA) is 85.8 Å². The van der Waals surface area contributed by atoms with Crippen LogP contribution in [0.3, 0.4) is 0 Å². The van der Waals surface area contributed by atoms with Crippen molar-refractivity contribution in [3.05, 3.63) is 84.7 Å². The van der Waals surface area contributed by atoms with E-state index >= 15 is 0 Å². The zero-order chi connectivity index (χ0) is 25.4. The van der Waals surface area contributed by atoms with Gasteiger partial charge in [0.15, 0.2) is 0 Å². The van der Waals surface area contributed by atoms with Crippen molar-refractivity contribution < 1.29 is 22.7 Å². The van der Waals surface area contributed by atoms with Gasteiger partial charge in [-0.05, 0) is 66.1 Å². The molecule has 4 aromatic rings.